The van der Waals surface area contributed by atoms with Gasteiger partial charge in [0.05, 0.1) is 0 Å². The highest BCUT2D eigenvalue weighted by Gasteiger charge is 2.43. The van der Waals surface area contributed by atoms with E-state index in [4.69, 9.17) is 0 Å². The molecular formula is C8H14N2O. The lowest BCUT2D eigenvalue weighted by atomic mass is 9.90. The average Bonchev–Trinajstić information content (AvgIpc) is 2.66. The molecule has 1 saturated heterocycles. The molecule has 1 atom stereocenters. The minimum absolute atomic E-state index is 0.00523. The Morgan fingerprint density at radius 1 is 1.55 bits per heavy atom. The summed E-state index contributed by atoms with van der Waals surface area (Å²) in [4.78, 5) is 11.0. The Morgan fingerprint density at radius 2 is 2.27 bits per heavy atom. The summed E-state index contributed by atoms with van der Waals surface area (Å²) < 4.78 is 0. The third kappa shape index (κ3) is 1.19. The zero-order valence-electron chi connectivity index (χ0n) is 6.81. The van der Waals surface area contributed by atoms with Gasteiger partial charge in [0.2, 0.25) is 0 Å². The largest absolute Gasteiger partial charge is 0.338 e. The molecule has 2 amide bonds. The zero-order valence-corrected chi connectivity index (χ0v) is 6.81. The van der Waals surface area contributed by atoms with Crippen LogP contribution in [0.1, 0.15) is 26.2 Å². The molecule has 0 spiro atoms. The van der Waals surface area contributed by atoms with Crippen LogP contribution in [-0.4, -0.2) is 18.1 Å². The number of amides is 2. The topological polar surface area (TPSA) is 41.1 Å². The molecule has 3 nitrogen and oxygen atoms in total. The summed E-state index contributed by atoms with van der Waals surface area (Å²) in [7, 11) is 0. The van der Waals surface area contributed by atoms with E-state index in [-0.39, 0.29) is 11.6 Å². The van der Waals surface area contributed by atoms with Gasteiger partial charge >= 0.3 is 6.03 Å². The molecule has 1 unspecified atom stereocenters. The van der Waals surface area contributed by atoms with E-state index in [1.54, 1.807) is 0 Å². The third-order valence-electron chi connectivity index (χ3n) is 2.81. The van der Waals surface area contributed by atoms with Crippen LogP contribution >= 0.6 is 0 Å². The molecule has 0 radical (unpaired) electrons. The van der Waals surface area contributed by atoms with Crippen LogP contribution in [0.2, 0.25) is 0 Å². The number of carbonyl (C=O) groups is 1. The molecule has 2 fully saturated rings. The first kappa shape index (κ1) is 6.95. The molecule has 62 valence electrons. The van der Waals surface area contributed by atoms with Crippen molar-refractivity contribution in [2.45, 2.75) is 31.7 Å². The van der Waals surface area contributed by atoms with Crippen LogP contribution < -0.4 is 10.6 Å². The van der Waals surface area contributed by atoms with Gasteiger partial charge in [0, 0.05) is 12.1 Å². The highest BCUT2D eigenvalue weighted by molar-refractivity contribution is 5.75. The normalized spacial score (nSPS) is 37.7. The lowest BCUT2D eigenvalue weighted by Gasteiger charge is -2.35. The number of nitrogens with one attached hydrogen (secondary N) is 2. The van der Waals surface area contributed by atoms with Crippen molar-refractivity contribution in [1.82, 2.24) is 10.6 Å². The van der Waals surface area contributed by atoms with Crippen LogP contribution in [0.5, 0.6) is 0 Å². The molecule has 0 aromatic rings. The Hall–Kier alpha value is -0.730. The van der Waals surface area contributed by atoms with Gasteiger partial charge in [0.25, 0.3) is 0 Å². The maximum atomic E-state index is 11.0. The van der Waals surface area contributed by atoms with Crippen molar-refractivity contribution in [2.75, 3.05) is 6.54 Å². The number of hydrogen-bond donors (Lipinski definition) is 2. The summed E-state index contributed by atoms with van der Waals surface area (Å²) in [6.07, 6.45) is 3.65. The molecule has 2 aliphatic rings. The zero-order chi connectivity index (χ0) is 7.90. The highest BCUT2D eigenvalue weighted by Crippen LogP contribution is 2.41. The fraction of sp³-hybridized carbons (Fsp3) is 0.875. The fourth-order valence-corrected chi connectivity index (χ4v) is 1.83. The van der Waals surface area contributed by atoms with Gasteiger partial charge in [-0.1, -0.05) is 0 Å². The molecule has 2 N–H and O–H groups in total. The maximum Gasteiger partial charge on any atom is 0.315 e. The van der Waals surface area contributed by atoms with Crippen molar-refractivity contribution in [3.05, 3.63) is 0 Å². The van der Waals surface area contributed by atoms with Gasteiger partial charge < -0.3 is 10.6 Å². The monoisotopic (exact) mass is 154 g/mol. The van der Waals surface area contributed by atoms with E-state index in [1.165, 1.54) is 12.8 Å². The molecule has 0 aromatic heterocycles. The molecule has 1 saturated carbocycles. The average molecular weight is 154 g/mol. The second-order valence-corrected chi connectivity index (χ2v) is 3.82. The van der Waals surface area contributed by atoms with E-state index in [0.29, 0.717) is 0 Å². The molecule has 1 heterocycles. The summed E-state index contributed by atoms with van der Waals surface area (Å²) in [5.74, 6) is 0.744. The maximum absolute atomic E-state index is 11.0. The standard InChI is InChI=1S/C8H14N2O/c1-8(6-2-3-6)4-5-9-7(11)10-8/h6H,2-5H2,1H3,(H2,9,10,11). The van der Waals surface area contributed by atoms with E-state index in [2.05, 4.69) is 17.6 Å². The number of rotatable bonds is 1. The van der Waals surface area contributed by atoms with Crippen LogP contribution in [0.4, 0.5) is 4.79 Å². The minimum atomic E-state index is 0.00523. The molecule has 0 aromatic carbocycles. The predicted molar refractivity (Wildman–Crippen MR) is 42.3 cm³/mol. The quantitative estimate of drug-likeness (QED) is 0.578. The van der Waals surface area contributed by atoms with Crippen LogP contribution in [0.25, 0.3) is 0 Å². The molecule has 0 bridgehead atoms. The molecule has 11 heavy (non-hydrogen) atoms. The second-order valence-electron chi connectivity index (χ2n) is 3.82. The van der Waals surface area contributed by atoms with Crippen molar-refractivity contribution in [1.29, 1.82) is 0 Å². The smallest absolute Gasteiger partial charge is 0.315 e. The van der Waals surface area contributed by atoms with Gasteiger partial charge in [-0.2, -0.15) is 0 Å². The number of urea groups is 1. The predicted octanol–water partition coefficient (Wildman–Crippen LogP) is 0.858. The molecule has 3 heteroatoms. The highest BCUT2D eigenvalue weighted by atomic mass is 16.2. The molecule has 2 rings (SSSR count). The van der Waals surface area contributed by atoms with E-state index in [0.717, 1.165) is 18.9 Å². The van der Waals surface area contributed by atoms with E-state index in [9.17, 15) is 4.79 Å². The van der Waals surface area contributed by atoms with Crippen molar-refractivity contribution in [3.8, 4) is 0 Å². The Labute approximate surface area is 66.5 Å². The Kier molecular flexibility index (Phi) is 1.34. The first-order valence-electron chi connectivity index (χ1n) is 4.27. The lowest BCUT2D eigenvalue weighted by molar-refractivity contribution is 0.202. The van der Waals surface area contributed by atoms with Gasteiger partial charge in [-0.25, -0.2) is 4.79 Å². The van der Waals surface area contributed by atoms with Gasteiger partial charge in [-0.15, -0.1) is 0 Å². The fourth-order valence-electron chi connectivity index (χ4n) is 1.83. The number of hydrogen-bond acceptors (Lipinski definition) is 1. The van der Waals surface area contributed by atoms with Gasteiger partial charge in [-0.05, 0) is 32.1 Å². The first-order valence-corrected chi connectivity index (χ1v) is 4.27. The van der Waals surface area contributed by atoms with Crippen LogP contribution in [0.3, 0.4) is 0 Å². The summed E-state index contributed by atoms with van der Waals surface area (Å²) in [5.41, 5.74) is 0.0995. The molecule has 1 aliphatic carbocycles. The van der Waals surface area contributed by atoms with Gasteiger partial charge in [-0.3, -0.25) is 0 Å². The lowest BCUT2D eigenvalue weighted by Crippen LogP contribution is -2.57. The Bertz CT molecular complexity index is 189. The van der Waals surface area contributed by atoms with E-state index >= 15 is 0 Å². The molecular weight excluding hydrogens is 140 g/mol. The Balaban J connectivity index is 2.04. The van der Waals surface area contributed by atoms with E-state index < -0.39 is 0 Å². The van der Waals surface area contributed by atoms with Crippen molar-refractivity contribution < 1.29 is 4.79 Å². The molecule has 1 aliphatic heterocycles. The third-order valence-corrected chi connectivity index (χ3v) is 2.81. The van der Waals surface area contributed by atoms with Gasteiger partial charge in [0.15, 0.2) is 0 Å². The summed E-state index contributed by atoms with van der Waals surface area (Å²) in [5, 5.41) is 5.77. The van der Waals surface area contributed by atoms with Crippen LogP contribution in [0, 0.1) is 5.92 Å². The van der Waals surface area contributed by atoms with Crippen LogP contribution in [-0.2, 0) is 0 Å². The van der Waals surface area contributed by atoms with Crippen molar-refractivity contribution in [3.63, 3.8) is 0 Å². The SMILES string of the molecule is CC1(C2CC2)CCNC(=O)N1. The number of carbonyl (C=O) groups excluding carboxylic acids is 1. The van der Waals surface area contributed by atoms with Gasteiger partial charge in [0.1, 0.15) is 0 Å². The summed E-state index contributed by atoms with van der Waals surface area (Å²) in [6.45, 7) is 2.99. The van der Waals surface area contributed by atoms with E-state index in [1.807, 2.05) is 0 Å². The minimum Gasteiger partial charge on any atom is -0.338 e. The summed E-state index contributed by atoms with van der Waals surface area (Å²) >= 11 is 0. The first-order chi connectivity index (χ1) is 5.21. The second kappa shape index (κ2) is 2.13. The van der Waals surface area contributed by atoms with Crippen molar-refractivity contribution >= 4 is 6.03 Å². The van der Waals surface area contributed by atoms with Crippen molar-refractivity contribution in [2.24, 2.45) is 5.92 Å². The summed E-state index contributed by atoms with van der Waals surface area (Å²) in [6, 6.07) is 0.00523. The Morgan fingerprint density at radius 3 is 2.82 bits per heavy atom. The van der Waals surface area contributed by atoms with Crippen LogP contribution in [0.15, 0.2) is 0 Å².